The van der Waals surface area contributed by atoms with Gasteiger partial charge in [0.2, 0.25) is 0 Å². The fraction of sp³-hybridized carbons (Fsp3) is 0.500. The Labute approximate surface area is 173 Å². The molecule has 0 spiro atoms. The molecule has 1 aromatic heterocycles. The fourth-order valence-corrected chi connectivity index (χ4v) is 3.64. The molecule has 2 aromatic rings. The molecule has 158 valence electrons. The molecular weight excluding hydrogens is 398 g/mol. The molecule has 1 aliphatic heterocycles. The second-order valence-electron chi connectivity index (χ2n) is 8.28. The van der Waals surface area contributed by atoms with E-state index in [1.165, 1.54) is 12.3 Å². The van der Waals surface area contributed by atoms with Gasteiger partial charge in [0.25, 0.3) is 5.91 Å². The van der Waals surface area contributed by atoms with Gasteiger partial charge in [0.1, 0.15) is 11.2 Å². The molecule has 1 unspecified atom stereocenters. The molecule has 8 nitrogen and oxygen atoms in total. The van der Waals surface area contributed by atoms with Gasteiger partial charge in [-0.2, -0.15) is 0 Å². The molecule has 1 aliphatic rings. The van der Waals surface area contributed by atoms with Crippen LogP contribution in [0.15, 0.2) is 22.8 Å². The number of fused-ring (bicyclic) bond motifs is 1. The molecule has 0 saturated carbocycles. The van der Waals surface area contributed by atoms with E-state index in [-0.39, 0.29) is 29.0 Å². The number of hydrogen-bond acceptors (Lipinski definition) is 7. The molecule has 29 heavy (non-hydrogen) atoms. The Kier molecular flexibility index (Phi) is 5.80. The van der Waals surface area contributed by atoms with Crippen LogP contribution in [-0.4, -0.2) is 47.3 Å². The molecule has 3 rings (SSSR count). The summed E-state index contributed by atoms with van der Waals surface area (Å²) in [5.74, 6) is -1.32. The number of ether oxygens (including phenoxy) is 1. The van der Waals surface area contributed by atoms with Crippen molar-refractivity contribution in [3.63, 3.8) is 0 Å². The van der Waals surface area contributed by atoms with Crippen molar-refractivity contribution in [1.82, 2.24) is 10.6 Å². The topological polar surface area (TPSA) is 127 Å². The lowest BCUT2D eigenvalue weighted by molar-refractivity contribution is -0.166. The number of benzene rings is 1. The SMILES string of the molecule is CC(C)(C)OC(=O)C(NC(=O)c1cc(Cl)c(N)c2ccoc12)C1(O)CCNCC1. The van der Waals surface area contributed by atoms with Gasteiger partial charge in [-0.3, -0.25) is 4.79 Å². The number of nitrogen functional groups attached to an aromatic ring is 1. The van der Waals surface area contributed by atoms with E-state index in [1.54, 1.807) is 26.8 Å². The van der Waals surface area contributed by atoms with E-state index in [1.807, 2.05) is 0 Å². The zero-order chi connectivity index (χ0) is 21.4. The first-order valence-electron chi connectivity index (χ1n) is 9.44. The Bertz CT molecular complexity index is 928. The van der Waals surface area contributed by atoms with Gasteiger partial charge in [0.05, 0.1) is 28.1 Å². The number of carbonyl (C=O) groups excluding carboxylic acids is 2. The summed E-state index contributed by atoms with van der Waals surface area (Å²) in [4.78, 5) is 26.0. The van der Waals surface area contributed by atoms with Crippen LogP contribution < -0.4 is 16.4 Å². The summed E-state index contributed by atoms with van der Waals surface area (Å²) in [5.41, 5.74) is 4.40. The number of amides is 1. The van der Waals surface area contributed by atoms with Crippen LogP contribution in [0, 0.1) is 0 Å². The standard InChI is InChI=1S/C20H26ClN3O5/c1-19(2,3)29-18(26)16(20(27)5-7-23-8-6-20)24-17(25)12-10-13(21)14(22)11-4-9-28-15(11)12/h4,9-10,16,23,27H,5-8,22H2,1-3H3,(H,24,25). The van der Waals surface area contributed by atoms with Crippen molar-refractivity contribution in [2.45, 2.75) is 50.9 Å². The molecule has 1 aromatic carbocycles. The number of halogens is 1. The van der Waals surface area contributed by atoms with Crippen LogP contribution in [0.25, 0.3) is 11.0 Å². The van der Waals surface area contributed by atoms with E-state index < -0.39 is 29.1 Å². The second kappa shape index (κ2) is 7.85. The summed E-state index contributed by atoms with van der Waals surface area (Å²) in [6.07, 6.45) is 1.98. The monoisotopic (exact) mass is 423 g/mol. The minimum absolute atomic E-state index is 0.121. The summed E-state index contributed by atoms with van der Waals surface area (Å²) >= 11 is 6.16. The van der Waals surface area contributed by atoms with E-state index in [2.05, 4.69) is 10.6 Å². The Balaban J connectivity index is 1.95. The van der Waals surface area contributed by atoms with E-state index in [4.69, 9.17) is 26.5 Å². The second-order valence-corrected chi connectivity index (χ2v) is 8.68. The van der Waals surface area contributed by atoms with Gasteiger partial charge in [0, 0.05) is 5.39 Å². The maximum Gasteiger partial charge on any atom is 0.332 e. The first-order valence-corrected chi connectivity index (χ1v) is 9.82. The van der Waals surface area contributed by atoms with Crippen molar-refractivity contribution < 1.29 is 23.8 Å². The van der Waals surface area contributed by atoms with Crippen LogP contribution in [-0.2, 0) is 9.53 Å². The van der Waals surface area contributed by atoms with Crippen molar-refractivity contribution in [1.29, 1.82) is 0 Å². The maximum atomic E-state index is 13.1. The summed E-state index contributed by atoms with van der Waals surface area (Å²) in [6.45, 7) is 6.21. The van der Waals surface area contributed by atoms with Gasteiger partial charge >= 0.3 is 5.97 Å². The fourth-order valence-electron chi connectivity index (χ4n) is 3.43. The molecule has 9 heteroatoms. The first-order chi connectivity index (χ1) is 13.5. The highest BCUT2D eigenvalue weighted by Crippen LogP contribution is 2.33. The quantitative estimate of drug-likeness (QED) is 0.438. The number of aliphatic hydroxyl groups is 1. The highest BCUT2D eigenvalue weighted by molar-refractivity contribution is 6.35. The number of esters is 1. The molecule has 1 saturated heterocycles. The maximum absolute atomic E-state index is 13.1. The van der Waals surface area contributed by atoms with Crippen molar-refractivity contribution in [3.05, 3.63) is 29.0 Å². The van der Waals surface area contributed by atoms with Crippen LogP contribution >= 0.6 is 11.6 Å². The minimum Gasteiger partial charge on any atom is -0.463 e. The van der Waals surface area contributed by atoms with E-state index >= 15 is 0 Å². The summed E-state index contributed by atoms with van der Waals surface area (Å²) in [6, 6.07) is 1.74. The van der Waals surface area contributed by atoms with Crippen molar-refractivity contribution >= 4 is 40.1 Å². The van der Waals surface area contributed by atoms with E-state index in [0.29, 0.717) is 24.2 Å². The van der Waals surface area contributed by atoms with Crippen LogP contribution in [0.3, 0.4) is 0 Å². The zero-order valence-electron chi connectivity index (χ0n) is 16.7. The number of rotatable bonds is 4. The summed E-state index contributed by atoms with van der Waals surface area (Å²) < 4.78 is 10.9. The Morgan fingerprint density at radius 2 is 2.03 bits per heavy atom. The Morgan fingerprint density at radius 1 is 1.38 bits per heavy atom. The Hall–Kier alpha value is -2.29. The van der Waals surface area contributed by atoms with Crippen LogP contribution in [0.2, 0.25) is 5.02 Å². The number of hydrogen-bond donors (Lipinski definition) is 4. The lowest BCUT2D eigenvalue weighted by atomic mass is 9.84. The van der Waals surface area contributed by atoms with Crippen molar-refractivity contribution in [3.8, 4) is 0 Å². The average Bonchev–Trinajstić information content (AvgIpc) is 3.11. The highest BCUT2D eigenvalue weighted by atomic mass is 35.5. The largest absolute Gasteiger partial charge is 0.463 e. The molecule has 1 fully saturated rings. The number of nitrogens with two attached hydrogens (primary N) is 1. The average molecular weight is 424 g/mol. The van der Waals surface area contributed by atoms with Gasteiger partial charge in [-0.1, -0.05) is 11.6 Å². The van der Waals surface area contributed by atoms with Gasteiger partial charge in [-0.25, -0.2) is 4.79 Å². The van der Waals surface area contributed by atoms with Crippen molar-refractivity contribution in [2.75, 3.05) is 18.8 Å². The highest BCUT2D eigenvalue weighted by Gasteiger charge is 2.45. The molecular formula is C20H26ClN3O5. The van der Waals surface area contributed by atoms with Gasteiger partial charge in [-0.15, -0.1) is 0 Å². The molecule has 2 heterocycles. The van der Waals surface area contributed by atoms with E-state index in [0.717, 1.165) is 0 Å². The summed E-state index contributed by atoms with van der Waals surface area (Å²) in [5, 5.41) is 17.6. The van der Waals surface area contributed by atoms with Gasteiger partial charge < -0.3 is 30.6 Å². The predicted octanol–water partition coefficient (Wildman–Crippen LogP) is 2.22. The third-order valence-electron chi connectivity index (χ3n) is 4.90. The molecule has 1 atom stereocenters. The predicted molar refractivity (Wildman–Crippen MR) is 110 cm³/mol. The third-order valence-corrected chi connectivity index (χ3v) is 5.21. The van der Waals surface area contributed by atoms with Crippen LogP contribution in [0.4, 0.5) is 5.69 Å². The van der Waals surface area contributed by atoms with Gasteiger partial charge in [-0.05, 0) is 58.8 Å². The summed E-state index contributed by atoms with van der Waals surface area (Å²) in [7, 11) is 0. The molecule has 0 aliphatic carbocycles. The normalized spacial score (nSPS) is 17.7. The zero-order valence-corrected chi connectivity index (χ0v) is 17.4. The number of piperidine rings is 1. The first kappa shape index (κ1) is 21.4. The molecule has 0 bridgehead atoms. The van der Waals surface area contributed by atoms with Gasteiger partial charge in [0.15, 0.2) is 6.04 Å². The van der Waals surface area contributed by atoms with Crippen LogP contribution in [0.1, 0.15) is 44.0 Å². The minimum atomic E-state index is -1.44. The number of anilines is 1. The van der Waals surface area contributed by atoms with E-state index in [9.17, 15) is 14.7 Å². The third kappa shape index (κ3) is 4.49. The lowest BCUT2D eigenvalue weighted by Crippen LogP contribution is -2.61. The number of nitrogens with one attached hydrogen (secondary N) is 2. The number of furan rings is 1. The number of carbonyl (C=O) groups is 2. The molecule has 5 N–H and O–H groups in total. The van der Waals surface area contributed by atoms with Crippen LogP contribution in [0.5, 0.6) is 0 Å². The lowest BCUT2D eigenvalue weighted by Gasteiger charge is -2.39. The molecule has 0 radical (unpaired) electrons. The Morgan fingerprint density at radius 3 is 2.66 bits per heavy atom. The molecule has 1 amide bonds. The smallest absolute Gasteiger partial charge is 0.332 e. The van der Waals surface area contributed by atoms with Crippen molar-refractivity contribution in [2.24, 2.45) is 0 Å².